The van der Waals surface area contributed by atoms with E-state index in [2.05, 4.69) is 15.3 Å². The van der Waals surface area contributed by atoms with Gasteiger partial charge in [0.1, 0.15) is 24.7 Å². The van der Waals surface area contributed by atoms with Gasteiger partial charge in [-0.25, -0.2) is 10.2 Å². The number of amides is 1. The van der Waals surface area contributed by atoms with E-state index < -0.39 is 6.09 Å². The zero-order valence-electron chi connectivity index (χ0n) is 14.6. The van der Waals surface area contributed by atoms with E-state index in [0.29, 0.717) is 19.0 Å². The Hall–Kier alpha value is -3.02. The van der Waals surface area contributed by atoms with Crippen LogP contribution >= 0.6 is 0 Å². The fourth-order valence-corrected chi connectivity index (χ4v) is 2.24. The number of hydrogen-bond donors (Lipinski definition) is 1. The molecule has 6 heteroatoms. The van der Waals surface area contributed by atoms with Crippen LogP contribution in [0.3, 0.4) is 0 Å². The molecule has 0 aliphatic heterocycles. The lowest BCUT2D eigenvalue weighted by Crippen LogP contribution is -2.17. The second kappa shape index (κ2) is 9.32. The summed E-state index contributed by atoms with van der Waals surface area (Å²) in [5, 5.41) is 3.81. The molecule has 2 aromatic carbocycles. The maximum atomic E-state index is 11.0. The molecule has 1 amide bonds. The standard InChI is InChI=1S/C19H22N2O4/c1-14-7-6-8-15(2)18(14)25-12-11-24-17-10-5-4-9-16(17)13-20-21-19(22)23-3/h4-10,13H,11-12H2,1-3H3,(H,21,22)/b20-13+. The van der Waals surface area contributed by atoms with Crippen molar-refractivity contribution in [2.75, 3.05) is 20.3 Å². The van der Waals surface area contributed by atoms with Crippen LogP contribution in [-0.4, -0.2) is 32.6 Å². The Labute approximate surface area is 147 Å². The number of para-hydroxylation sites is 2. The van der Waals surface area contributed by atoms with Crippen molar-refractivity contribution >= 4 is 12.3 Å². The molecule has 0 aliphatic rings. The first-order valence-corrected chi connectivity index (χ1v) is 7.89. The number of nitrogens with one attached hydrogen (secondary N) is 1. The molecule has 25 heavy (non-hydrogen) atoms. The first-order valence-electron chi connectivity index (χ1n) is 7.89. The molecule has 1 N–H and O–H groups in total. The number of ether oxygens (including phenoxy) is 3. The third-order valence-corrected chi connectivity index (χ3v) is 3.46. The van der Waals surface area contributed by atoms with Crippen LogP contribution in [0.1, 0.15) is 16.7 Å². The first kappa shape index (κ1) is 18.3. The van der Waals surface area contributed by atoms with E-state index in [4.69, 9.17) is 9.47 Å². The van der Waals surface area contributed by atoms with Crippen molar-refractivity contribution in [1.82, 2.24) is 5.43 Å². The van der Waals surface area contributed by atoms with E-state index in [1.54, 1.807) is 0 Å². The van der Waals surface area contributed by atoms with Crippen molar-refractivity contribution in [3.63, 3.8) is 0 Å². The molecule has 6 nitrogen and oxygen atoms in total. The summed E-state index contributed by atoms with van der Waals surface area (Å²) < 4.78 is 16.0. The summed E-state index contributed by atoms with van der Waals surface area (Å²) in [7, 11) is 1.28. The van der Waals surface area contributed by atoms with Crippen molar-refractivity contribution in [2.45, 2.75) is 13.8 Å². The molecule has 2 aromatic rings. The fourth-order valence-electron chi connectivity index (χ4n) is 2.24. The van der Waals surface area contributed by atoms with Crippen LogP contribution in [0, 0.1) is 13.8 Å². The molecule has 0 radical (unpaired) electrons. The molecule has 0 unspecified atom stereocenters. The number of methoxy groups -OCH3 is 1. The number of benzene rings is 2. The molecule has 0 saturated heterocycles. The molecule has 0 aliphatic carbocycles. The monoisotopic (exact) mass is 342 g/mol. The van der Waals surface area contributed by atoms with Crippen LogP contribution in [0.5, 0.6) is 11.5 Å². The number of aryl methyl sites for hydroxylation is 2. The highest BCUT2D eigenvalue weighted by Crippen LogP contribution is 2.22. The van der Waals surface area contributed by atoms with Crippen molar-refractivity contribution < 1.29 is 19.0 Å². The molecular weight excluding hydrogens is 320 g/mol. The summed E-state index contributed by atoms with van der Waals surface area (Å²) in [6.07, 6.45) is 0.871. The number of hydrazone groups is 1. The highest BCUT2D eigenvalue weighted by atomic mass is 16.5. The molecular formula is C19H22N2O4. The Kier molecular flexibility index (Phi) is 6.83. The van der Waals surface area contributed by atoms with Crippen LogP contribution in [0.2, 0.25) is 0 Å². The smallest absolute Gasteiger partial charge is 0.427 e. The van der Waals surface area contributed by atoms with Gasteiger partial charge in [0.15, 0.2) is 0 Å². The van der Waals surface area contributed by atoms with E-state index in [1.807, 2.05) is 56.3 Å². The lowest BCUT2D eigenvalue weighted by molar-refractivity contribution is 0.171. The summed E-state index contributed by atoms with van der Waals surface area (Å²) in [5.74, 6) is 1.55. The van der Waals surface area contributed by atoms with Gasteiger partial charge in [0, 0.05) is 5.56 Å². The van der Waals surface area contributed by atoms with Gasteiger partial charge in [0.25, 0.3) is 0 Å². The largest absolute Gasteiger partial charge is 0.489 e. The highest BCUT2D eigenvalue weighted by molar-refractivity contribution is 5.84. The van der Waals surface area contributed by atoms with Crippen LogP contribution in [0.4, 0.5) is 4.79 Å². The van der Waals surface area contributed by atoms with Crippen LogP contribution < -0.4 is 14.9 Å². The number of rotatable bonds is 7. The van der Waals surface area contributed by atoms with Gasteiger partial charge in [0.2, 0.25) is 0 Å². The fraction of sp³-hybridized carbons (Fsp3) is 0.263. The molecule has 132 valence electrons. The van der Waals surface area contributed by atoms with Crippen molar-refractivity contribution in [2.24, 2.45) is 5.10 Å². The predicted molar refractivity (Wildman–Crippen MR) is 96.5 cm³/mol. The summed E-state index contributed by atoms with van der Waals surface area (Å²) in [6.45, 7) is 4.85. The maximum Gasteiger partial charge on any atom is 0.427 e. The van der Waals surface area contributed by atoms with Crippen LogP contribution in [0.25, 0.3) is 0 Å². The van der Waals surface area contributed by atoms with E-state index in [0.717, 1.165) is 22.4 Å². The second-order valence-corrected chi connectivity index (χ2v) is 5.32. The number of carbonyl (C=O) groups is 1. The highest BCUT2D eigenvalue weighted by Gasteiger charge is 2.04. The minimum absolute atomic E-state index is 0.392. The summed E-state index contributed by atoms with van der Waals surface area (Å²) in [5.41, 5.74) is 5.18. The Morgan fingerprint density at radius 1 is 1.04 bits per heavy atom. The minimum atomic E-state index is -0.628. The average Bonchev–Trinajstić information content (AvgIpc) is 2.61. The molecule has 0 aromatic heterocycles. The molecule has 0 saturated carbocycles. The second-order valence-electron chi connectivity index (χ2n) is 5.32. The molecule has 0 bridgehead atoms. The van der Waals surface area contributed by atoms with Gasteiger partial charge in [-0.05, 0) is 37.1 Å². The minimum Gasteiger partial charge on any atom is -0.489 e. The van der Waals surface area contributed by atoms with Crippen LogP contribution in [0.15, 0.2) is 47.6 Å². The van der Waals surface area contributed by atoms with Gasteiger partial charge in [-0.3, -0.25) is 0 Å². The lowest BCUT2D eigenvalue weighted by atomic mass is 10.1. The maximum absolute atomic E-state index is 11.0. The Morgan fingerprint density at radius 3 is 2.44 bits per heavy atom. The molecule has 0 atom stereocenters. The zero-order valence-corrected chi connectivity index (χ0v) is 14.6. The van der Waals surface area contributed by atoms with Crippen molar-refractivity contribution in [1.29, 1.82) is 0 Å². The van der Waals surface area contributed by atoms with Crippen molar-refractivity contribution in [3.8, 4) is 11.5 Å². The normalized spacial score (nSPS) is 10.5. The number of carbonyl (C=O) groups excluding carboxylic acids is 1. The summed E-state index contributed by atoms with van der Waals surface area (Å²) in [4.78, 5) is 11.0. The van der Waals surface area contributed by atoms with Crippen molar-refractivity contribution in [3.05, 3.63) is 59.2 Å². The van der Waals surface area contributed by atoms with Crippen LogP contribution in [-0.2, 0) is 4.74 Å². The third kappa shape index (κ3) is 5.53. The number of nitrogens with zero attached hydrogens (tertiary/aromatic N) is 1. The average molecular weight is 342 g/mol. The SMILES string of the molecule is COC(=O)N/N=C/c1ccccc1OCCOc1c(C)cccc1C. The molecule has 0 heterocycles. The van der Waals surface area contributed by atoms with E-state index >= 15 is 0 Å². The topological polar surface area (TPSA) is 69.2 Å². The third-order valence-electron chi connectivity index (χ3n) is 3.46. The van der Waals surface area contributed by atoms with Gasteiger partial charge in [-0.1, -0.05) is 30.3 Å². The predicted octanol–water partition coefficient (Wildman–Crippen LogP) is 3.45. The molecule has 0 spiro atoms. The molecule has 0 fully saturated rings. The quantitative estimate of drug-likeness (QED) is 0.475. The lowest BCUT2D eigenvalue weighted by Gasteiger charge is -2.13. The first-order chi connectivity index (χ1) is 12.1. The zero-order chi connectivity index (χ0) is 18.1. The van der Waals surface area contributed by atoms with Gasteiger partial charge < -0.3 is 14.2 Å². The van der Waals surface area contributed by atoms with E-state index in [-0.39, 0.29) is 0 Å². The van der Waals surface area contributed by atoms with Gasteiger partial charge >= 0.3 is 6.09 Å². The number of hydrogen-bond acceptors (Lipinski definition) is 5. The van der Waals surface area contributed by atoms with Gasteiger partial charge in [0.05, 0.1) is 13.3 Å². The summed E-state index contributed by atoms with van der Waals surface area (Å²) in [6, 6.07) is 13.4. The van der Waals surface area contributed by atoms with Gasteiger partial charge in [-0.2, -0.15) is 5.10 Å². The van der Waals surface area contributed by atoms with Gasteiger partial charge in [-0.15, -0.1) is 0 Å². The Morgan fingerprint density at radius 2 is 1.72 bits per heavy atom. The Bertz CT molecular complexity index is 724. The molecule has 2 rings (SSSR count). The Balaban J connectivity index is 1.90. The van der Waals surface area contributed by atoms with E-state index in [1.165, 1.54) is 13.3 Å². The van der Waals surface area contributed by atoms with E-state index in [9.17, 15) is 4.79 Å². The summed E-state index contributed by atoms with van der Waals surface area (Å²) >= 11 is 0.